The number of carbonyl (C=O) groups is 2. The number of hydrogen-bond donors (Lipinski definition) is 0. The first-order valence-electron chi connectivity index (χ1n) is 7.11. The minimum atomic E-state index is -0.510. The highest BCUT2D eigenvalue weighted by Crippen LogP contribution is 2.22. The zero-order chi connectivity index (χ0) is 17.0. The van der Waals surface area contributed by atoms with E-state index in [0.717, 1.165) is 4.47 Å². The maximum atomic E-state index is 12.6. The molecule has 0 saturated carbocycles. The second-order valence-corrected chi connectivity index (χ2v) is 6.16. The van der Waals surface area contributed by atoms with Gasteiger partial charge in [-0.2, -0.15) is 0 Å². The van der Waals surface area contributed by atoms with Crippen LogP contribution in [0.1, 0.15) is 40.1 Å². The van der Waals surface area contributed by atoms with E-state index in [1.807, 2.05) is 13.8 Å². The van der Waals surface area contributed by atoms with Crippen molar-refractivity contribution in [2.24, 2.45) is 0 Å². The van der Waals surface area contributed by atoms with E-state index >= 15 is 0 Å². The molecular weight excluding hydrogens is 360 g/mol. The van der Waals surface area contributed by atoms with Gasteiger partial charge in [-0.1, -0.05) is 15.9 Å². The molecule has 0 spiro atoms. The Morgan fingerprint density at radius 3 is 2.13 bits per heavy atom. The minimum absolute atomic E-state index is 0.0708. The Hall–Kier alpha value is -2.14. The molecule has 0 aromatic heterocycles. The van der Waals surface area contributed by atoms with Crippen molar-refractivity contribution < 1.29 is 19.1 Å². The first-order chi connectivity index (χ1) is 10.9. The highest BCUT2D eigenvalue weighted by atomic mass is 79.9. The average molecular weight is 377 g/mol. The number of benzene rings is 2. The van der Waals surface area contributed by atoms with Crippen molar-refractivity contribution in [3.8, 4) is 5.75 Å². The van der Waals surface area contributed by atoms with Crippen LogP contribution in [0.25, 0.3) is 0 Å². The van der Waals surface area contributed by atoms with Gasteiger partial charge in [0.15, 0.2) is 5.78 Å². The Labute approximate surface area is 143 Å². The second kappa shape index (κ2) is 7.42. The molecule has 0 bridgehead atoms. The summed E-state index contributed by atoms with van der Waals surface area (Å²) in [6.45, 7) is 3.75. The number of hydrogen-bond acceptors (Lipinski definition) is 4. The summed E-state index contributed by atoms with van der Waals surface area (Å²) in [5.74, 6) is -0.232. The van der Waals surface area contributed by atoms with E-state index in [4.69, 9.17) is 9.47 Å². The van der Waals surface area contributed by atoms with E-state index in [-0.39, 0.29) is 17.5 Å². The Morgan fingerprint density at radius 1 is 0.957 bits per heavy atom. The molecule has 0 amide bonds. The number of esters is 1. The Kier molecular flexibility index (Phi) is 5.55. The first-order valence-corrected chi connectivity index (χ1v) is 7.90. The quantitative estimate of drug-likeness (QED) is 0.577. The van der Waals surface area contributed by atoms with Gasteiger partial charge < -0.3 is 9.47 Å². The fourth-order valence-electron chi connectivity index (χ4n) is 2.07. The van der Waals surface area contributed by atoms with Crippen LogP contribution in [0.5, 0.6) is 5.75 Å². The number of rotatable bonds is 5. The van der Waals surface area contributed by atoms with Crippen LogP contribution in [-0.2, 0) is 4.74 Å². The number of carbonyl (C=O) groups excluding carboxylic acids is 2. The van der Waals surface area contributed by atoms with E-state index in [1.54, 1.807) is 36.4 Å². The van der Waals surface area contributed by atoms with Crippen LogP contribution in [0.15, 0.2) is 46.9 Å². The van der Waals surface area contributed by atoms with Gasteiger partial charge in [0.1, 0.15) is 5.75 Å². The lowest BCUT2D eigenvalue weighted by atomic mass is 10.0. The molecule has 4 nitrogen and oxygen atoms in total. The van der Waals surface area contributed by atoms with Gasteiger partial charge in [0, 0.05) is 15.6 Å². The van der Waals surface area contributed by atoms with Gasteiger partial charge in [-0.25, -0.2) is 4.79 Å². The smallest absolute Gasteiger partial charge is 0.338 e. The molecule has 2 aromatic carbocycles. The molecular formula is C18H17BrO4. The molecule has 0 aliphatic carbocycles. The maximum absolute atomic E-state index is 12.6. The first kappa shape index (κ1) is 17.2. The van der Waals surface area contributed by atoms with Crippen LogP contribution >= 0.6 is 15.9 Å². The van der Waals surface area contributed by atoms with E-state index in [0.29, 0.717) is 16.9 Å². The van der Waals surface area contributed by atoms with Crippen LogP contribution in [-0.4, -0.2) is 25.0 Å². The van der Waals surface area contributed by atoms with Gasteiger partial charge in [-0.05, 0) is 56.3 Å². The van der Waals surface area contributed by atoms with Crippen molar-refractivity contribution in [3.63, 3.8) is 0 Å². The van der Waals surface area contributed by atoms with Crippen LogP contribution in [0, 0.1) is 0 Å². The van der Waals surface area contributed by atoms with E-state index in [2.05, 4.69) is 15.9 Å². The van der Waals surface area contributed by atoms with Gasteiger partial charge in [0.25, 0.3) is 0 Å². The monoisotopic (exact) mass is 376 g/mol. The van der Waals surface area contributed by atoms with Crippen molar-refractivity contribution in [1.82, 2.24) is 0 Å². The molecule has 0 saturated heterocycles. The van der Waals surface area contributed by atoms with Gasteiger partial charge in [0.2, 0.25) is 0 Å². The highest BCUT2D eigenvalue weighted by molar-refractivity contribution is 9.10. The molecule has 0 radical (unpaired) electrons. The molecule has 0 N–H and O–H groups in total. The standard InChI is InChI=1S/C18H17BrO4/c1-11(2)23-16-9-13(8-14(10-16)18(21)22-3)17(20)12-4-6-15(19)7-5-12/h4-11H,1-3H3. The molecule has 0 atom stereocenters. The van der Waals surface area contributed by atoms with Crippen molar-refractivity contribution in [2.75, 3.05) is 7.11 Å². The molecule has 2 aromatic rings. The second-order valence-electron chi connectivity index (χ2n) is 5.24. The SMILES string of the molecule is COC(=O)c1cc(OC(C)C)cc(C(=O)c2ccc(Br)cc2)c1. The van der Waals surface area contributed by atoms with Crippen LogP contribution in [0.4, 0.5) is 0 Å². The summed E-state index contributed by atoms with van der Waals surface area (Å²) in [6.07, 6.45) is -0.0708. The Balaban J connectivity index is 2.45. The zero-order valence-electron chi connectivity index (χ0n) is 13.1. The van der Waals surface area contributed by atoms with Crippen molar-refractivity contribution in [1.29, 1.82) is 0 Å². The van der Waals surface area contributed by atoms with Gasteiger partial charge in [-0.3, -0.25) is 4.79 Å². The summed E-state index contributed by atoms with van der Waals surface area (Å²) >= 11 is 3.34. The summed E-state index contributed by atoms with van der Waals surface area (Å²) < 4.78 is 11.3. The molecule has 0 fully saturated rings. The molecule has 0 aliphatic heterocycles. The normalized spacial score (nSPS) is 10.5. The maximum Gasteiger partial charge on any atom is 0.338 e. The minimum Gasteiger partial charge on any atom is -0.491 e. The number of halogens is 1. The third kappa shape index (κ3) is 4.42. The van der Waals surface area contributed by atoms with Crippen molar-refractivity contribution in [2.45, 2.75) is 20.0 Å². The number of ether oxygens (including phenoxy) is 2. The van der Waals surface area contributed by atoms with Gasteiger partial charge in [0.05, 0.1) is 18.8 Å². The van der Waals surface area contributed by atoms with E-state index < -0.39 is 5.97 Å². The van der Waals surface area contributed by atoms with E-state index in [1.165, 1.54) is 13.2 Å². The van der Waals surface area contributed by atoms with Crippen molar-refractivity contribution in [3.05, 3.63) is 63.6 Å². The molecule has 120 valence electrons. The molecule has 0 unspecified atom stereocenters. The summed E-state index contributed by atoms with van der Waals surface area (Å²) in [4.78, 5) is 24.4. The molecule has 5 heteroatoms. The Bertz CT molecular complexity index is 720. The average Bonchev–Trinajstić information content (AvgIpc) is 2.53. The zero-order valence-corrected chi connectivity index (χ0v) is 14.7. The third-order valence-electron chi connectivity index (χ3n) is 3.07. The van der Waals surface area contributed by atoms with Crippen LogP contribution in [0.3, 0.4) is 0 Å². The summed E-state index contributed by atoms with van der Waals surface area (Å²) in [6, 6.07) is 11.8. The fourth-order valence-corrected chi connectivity index (χ4v) is 2.34. The summed E-state index contributed by atoms with van der Waals surface area (Å²) in [5.41, 5.74) is 1.20. The molecule has 2 rings (SSSR count). The van der Waals surface area contributed by atoms with Gasteiger partial charge in [-0.15, -0.1) is 0 Å². The lowest BCUT2D eigenvalue weighted by molar-refractivity contribution is 0.0600. The molecule has 23 heavy (non-hydrogen) atoms. The van der Waals surface area contributed by atoms with Crippen LogP contribution in [0.2, 0.25) is 0 Å². The van der Waals surface area contributed by atoms with Crippen LogP contribution < -0.4 is 4.74 Å². The lowest BCUT2D eigenvalue weighted by Gasteiger charge is -2.12. The van der Waals surface area contributed by atoms with Crippen molar-refractivity contribution >= 4 is 27.7 Å². The predicted octanol–water partition coefficient (Wildman–Crippen LogP) is 4.25. The molecule has 0 aliphatic rings. The topological polar surface area (TPSA) is 52.6 Å². The summed E-state index contributed by atoms with van der Waals surface area (Å²) in [7, 11) is 1.30. The lowest BCUT2D eigenvalue weighted by Crippen LogP contribution is -2.10. The largest absolute Gasteiger partial charge is 0.491 e. The fraction of sp³-hybridized carbons (Fsp3) is 0.222. The van der Waals surface area contributed by atoms with E-state index in [9.17, 15) is 9.59 Å². The summed E-state index contributed by atoms with van der Waals surface area (Å²) in [5, 5.41) is 0. The van der Waals surface area contributed by atoms with Gasteiger partial charge >= 0.3 is 5.97 Å². The highest BCUT2D eigenvalue weighted by Gasteiger charge is 2.16. The Morgan fingerprint density at radius 2 is 1.57 bits per heavy atom. The molecule has 0 heterocycles. The number of ketones is 1. The predicted molar refractivity (Wildman–Crippen MR) is 91.1 cm³/mol. The third-order valence-corrected chi connectivity index (χ3v) is 3.60. The number of methoxy groups -OCH3 is 1.